The number of hydrogen-bond donors (Lipinski definition) is 0. The first-order valence-corrected chi connectivity index (χ1v) is 4.48. The molecule has 0 aromatic heterocycles. The molecule has 0 spiro atoms. The van der Waals surface area contributed by atoms with Crippen LogP contribution in [0, 0.1) is 0 Å². The van der Waals surface area contributed by atoms with Crippen molar-refractivity contribution in [2.24, 2.45) is 0 Å². The van der Waals surface area contributed by atoms with E-state index in [-0.39, 0.29) is 5.60 Å². The van der Waals surface area contributed by atoms with Crippen molar-refractivity contribution >= 4 is 15.2 Å². The summed E-state index contributed by atoms with van der Waals surface area (Å²) >= 11 is 0. The Labute approximate surface area is 80.9 Å². The molecule has 0 aliphatic rings. The minimum Gasteiger partial charge on any atom is -0.488 e. The zero-order valence-electron chi connectivity index (χ0n) is 10.7. The number of benzene rings is 1. The lowest BCUT2D eigenvalue weighted by molar-refractivity contribution is 0.131. The van der Waals surface area contributed by atoms with E-state index in [0.717, 1.165) is 0 Å². The predicted molar refractivity (Wildman–Crippen MR) is 56.4 cm³/mol. The highest BCUT2D eigenvalue weighted by Gasteiger charge is 2.10. The van der Waals surface area contributed by atoms with Gasteiger partial charge in [0.15, 0.2) is 0 Å². The van der Waals surface area contributed by atoms with Crippen LogP contribution in [0.15, 0.2) is 24.3 Å². The second kappa shape index (κ2) is 3.31. The second-order valence-electron chi connectivity index (χ2n) is 3.74. The molecular weight excluding hydrogens is 164 g/mol. The summed E-state index contributed by atoms with van der Waals surface area (Å²) in [5.74, 6) is 0.713. The fourth-order valence-corrected chi connectivity index (χ4v) is 1.04. The van der Waals surface area contributed by atoms with E-state index < -0.39 is 10.0 Å². The van der Waals surface area contributed by atoms with Gasteiger partial charge in [0.1, 0.15) is 11.4 Å². The van der Waals surface area contributed by atoms with Crippen LogP contribution < -0.4 is 9.92 Å². The molecule has 0 atom stereocenters. The van der Waals surface area contributed by atoms with Gasteiger partial charge in [0.2, 0.25) is 0 Å². The first kappa shape index (κ1) is 5.81. The molecule has 66 valence electrons. The van der Waals surface area contributed by atoms with Gasteiger partial charge in [-0.2, -0.15) is 0 Å². The molecule has 0 N–H and O–H groups in total. The average Bonchev–Trinajstić information content (AvgIpc) is 2.00. The van der Waals surface area contributed by atoms with Crippen molar-refractivity contribution in [1.29, 1.82) is 3.70 Å². The Morgan fingerprint density at radius 2 is 1.83 bits per heavy atom. The van der Waals surface area contributed by atoms with Crippen molar-refractivity contribution in [1.82, 2.24) is 0 Å². The molecule has 2 heteroatoms. The molecule has 1 aromatic rings. The van der Waals surface area contributed by atoms with Gasteiger partial charge in [-0.1, -0.05) is 17.3 Å². The van der Waals surface area contributed by atoms with Gasteiger partial charge in [0, 0.05) is 13.7 Å². The molecule has 0 radical (unpaired) electrons. The van der Waals surface area contributed by atoms with Crippen LogP contribution >= 0.6 is 0 Å². The molecule has 1 rings (SSSR count). The molecule has 0 aliphatic carbocycles. The summed E-state index contributed by atoms with van der Waals surface area (Å²) in [6.45, 7) is 5.87. The molecule has 0 aliphatic heterocycles. The molecule has 0 fully saturated rings. The van der Waals surface area contributed by atoms with Gasteiger partial charge in [-0.3, -0.25) is 0 Å². The SMILES string of the molecule is [3H][Si]([3H])([3H])c1ccc(OC(C)(C)C)cc1. The lowest BCUT2D eigenvalue weighted by Gasteiger charge is -2.21. The van der Waals surface area contributed by atoms with E-state index in [9.17, 15) is 0 Å². The maximum Gasteiger partial charge on any atom is 0.120 e. The second-order valence-corrected chi connectivity index (χ2v) is 4.32. The van der Waals surface area contributed by atoms with Crippen LogP contribution in [0.1, 0.15) is 20.8 Å². The highest BCUT2D eigenvalue weighted by Crippen LogP contribution is 2.15. The highest BCUT2D eigenvalue weighted by atomic mass is 28.1. The van der Waals surface area contributed by atoms with Gasteiger partial charge in [0.05, 0.1) is 0 Å². The number of rotatable bonds is 2. The fraction of sp³-hybridized carbons (Fsp3) is 0.400. The van der Waals surface area contributed by atoms with E-state index >= 15 is 0 Å². The van der Waals surface area contributed by atoms with Gasteiger partial charge in [-0.25, -0.2) is 0 Å². The van der Waals surface area contributed by atoms with Crippen molar-refractivity contribution in [3.8, 4) is 5.75 Å². The molecule has 0 bridgehead atoms. The third-order valence-electron chi connectivity index (χ3n) is 1.28. The Balaban J connectivity index is 2.82. The lowest BCUT2D eigenvalue weighted by atomic mass is 10.2. The third kappa shape index (κ3) is 3.09. The molecule has 0 heterocycles. The highest BCUT2D eigenvalue weighted by molar-refractivity contribution is 6.32. The van der Waals surface area contributed by atoms with Gasteiger partial charge in [0.25, 0.3) is 0 Å². The van der Waals surface area contributed by atoms with Gasteiger partial charge in [-0.05, 0) is 32.9 Å². The van der Waals surface area contributed by atoms with E-state index in [1.54, 1.807) is 24.3 Å². The maximum atomic E-state index is 7.35. The van der Waals surface area contributed by atoms with Crippen LogP contribution in [0.2, 0.25) is 0 Å². The monoisotopic (exact) mass is 186 g/mol. The van der Waals surface area contributed by atoms with Crippen LogP contribution in [0.25, 0.3) is 0 Å². The summed E-state index contributed by atoms with van der Waals surface area (Å²) in [5, 5.41) is 0.476. The minimum atomic E-state index is -3.42. The van der Waals surface area contributed by atoms with Crippen LogP contribution in [0.5, 0.6) is 5.75 Å². The Morgan fingerprint density at radius 3 is 2.25 bits per heavy atom. The van der Waals surface area contributed by atoms with Crippen molar-refractivity contribution < 1.29 is 4.74 Å². The summed E-state index contributed by atoms with van der Waals surface area (Å²) in [6, 6.07) is 6.72. The molecule has 0 saturated heterocycles. The van der Waals surface area contributed by atoms with E-state index in [2.05, 4.69) is 0 Å². The molecule has 0 amide bonds. The van der Waals surface area contributed by atoms with Crippen molar-refractivity contribution in [3.63, 3.8) is 0 Å². The van der Waals surface area contributed by atoms with Gasteiger partial charge in [-0.15, -0.1) is 0 Å². The molecular formula is C10H16OSi. The quantitative estimate of drug-likeness (QED) is 0.622. The van der Waals surface area contributed by atoms with Crippen molar-refractivity contribution in [3.05, 3.63) is 24.3 Å². The van der Waals surface area contributed by atoms with Crippen LogP contribution in [0.4, 0.5) is 0 Å². The summed E-state index contributed by atoms with van der Waals surface area (Å²) in [6.07, 6.45) is 0. The predicted octanol–water partition coefficient (Wildman–Crippen LogP) is 0.855. The summed E-state index contributed by atoms with van der Waals surface area (Å²) in [5.41, 5.74) is -0.251. The summed E-state index contributed by atoms with van der Waals surface area (Å²) in [4.78, 5) is 0. The summed E-state index contributed by atoms with van der Waals surface area (Å²) < 4.78 is 27.7. The Hall–Kier alpha value is -0.763. The Bertz CT molecular complexity index is 324. The van der Waals surface area contributed by atoms with Crippen LogP contribution in [-0.4, -0.2) is 19.3 Å². The average molecular weight is 186 g/mol. The molecule has 1 aromatic carbocycles. The zero-order chi connectivity index (χ0) is 11.7. The largest absolute Gasteiger partial charge is 0.488 e. The Kier molecular flexibility index (Phi) is 1.60. The normalized spacial score (nSPS) is 16.1. The van der Waals surface area contributed by atoms with E-state index in [1.165, 1.54) is 0 Å². The van der Waals surface area contributed by atoms with Crippen molar-refractivity contribution in [2.75, 3.05) is 0 Å². The van der Waals surface area contributed by atoms with E-state index in [1.807, 2.05) is 20.8 Å². The molecule has 0 unspecified atom stereocenters. The van der Waals surface area contributed by atoms with E-state index in [4.69, 9.17) is 8.44 Å². The minimum absolute atomic E-state index is 0.251. The number of ether oxygens (including phenoxy) is 1. The number of hydrogen-bond acceptors (Lipinski definition) is 1. The third-order valence-corrected chi connectivity index (χ3v) is 1.61. The smallest absolute Gasteiger partial charge is 0.120 e. The van der Waals surface area contributed by atoms with Crippen LogP contribution in [-0.2, 0) is 0 Å². The van der Waals surface area contributed by atoms with Gasteiger partial charge >= 0.3 is 0 Å². The zero-order valence-corrected chi connectivity index (χ0v) is 8.72. The molecule has 0 saturated carbocycles. The first-order valence-electron chi connectivity index (χ1n) is 5.48. The standard InChI is InChI=1S/C10H16OSi/c1-10(2,3)11-8-4-6-9(12)7-5-8/h4-7H,1-3,12H3/i12T3. The van der Waals surface area contributed by atoms with E-state index in [0.29, 0.717) is 10.9 Å². The van der Waals surface area contributed by atoms with Crippen molar-refractivity contribution in [2.45, 2.75) is 26.4 Å². The first-order chi connectivity index (χ1) is 6.68. The van der Waals surface area contributed by atoms with Gasteiger partial charge < -0.3 is 4.74 Å². The lowest BCUT2D eigenvalue weighted by Crippen LogP contribution is -2.23. The maximum absolute atomic E-state index is 7.35. The Morgan fingerprint density at radius 1 is 1.25 bits per heavy atom. The molecule has 1 nitrogen and oxygen atoms in total. The molecule has 12 heavy (non-hydrogen) atoms. The topological polar surface area (TPSA) is 9.23 Å². The fourth-order valence-electron chi connectivity index (χ4n) is 0.877. The van der Waals surface area contributed by atoms with Crippen LogP contribution in [0.3, 0.4) is 0 Å². The summed E-state index contributed by atoms with van der Waals surface area (Å²) in [7, 11) is -3.42.